The maximum Gasteiger partial charge on any atom is 0.256 e. The fourth-order valence-electron chi connectivity index (χ4n) is 2.10. The van der Waals surface area contributed by atoms with Gasteiger partial charge in [0.15, 0.2) is 11.6 Å². The molecule has 6 nitrogen and oxygen atoms in total. The summed E-state index contributed by atoms with van der Waals surface area (Å²) in [5.41, 5.74) is 5.53. The minimum Gasteiger partial charge on any atom is -0.504 e. The highest BCUT2D eigenvalue weighted by atomic mass is 16.3. The lowest BCUT2D eigenvalue weighted by atomic mass is 9.99. The molecule has 1 fully saturated rings. The van der Waals surface area contributed by atoms with Crippen molar-refractivity contribution in [1.29, 1.82) is 0 Å². The number of nitrogens with two attached hydrogens (primary N) is 1. The summed E-state index contributed by atoms with van der Waals surface area (Å²) < 4.78 is 0. The lowest BCUT2D eigenvalue weighted by molar-refractivity contribution is 0.0476. The zero-order chi connectivity index (χ0) is 13.3. The molecule has 0 atom stereocenters. The largest absolute Gasteiger partial charge is 0.504 e. The van der Waals surface area contributed by atoms with E-state index >= 15 is 0 Å². The van der Waals surface area contributed by atoms with E-state index in [9.17, 15) is 9.90 Å². The van der Waals surface area contributed by atoms with Crippen LogP contribution in [0.4, 0.5) is 5.82 Å². The summed E-state index contributed by atoms with van der Waals surface area (Å²) in [5.74, 6) is -0.260. The van der Waals surface area contributed by atoms with Crippen LogP contribution in [0.15, 0.2) is 12.3 Å². The lowest BCUT2D eigenvalue weighted by Crippen LogP contribution is -2.59. The number of hydrogen-bond donors (Lipinski definition) is 3. The molecule has 0 spiro atoms. The van der Waals surface area contributed by atoms with E-state index in [-0.39, 0.29) is 23.0 Å². The summed E-state index contributed by atoms with van der Waals surface area (Å²) in [6.07, 6.45) is 1.40. The van der Waals surface area contributed by atoms with Crippen molar-refractivity contribution in [3.8, 4) is 5.75 Å². The first kappa shape index (κ1) is 12.6. The second-order valence-electron chi connectivity index (χ2n) is 5.07. The van der Waals surface area contributed by atoms with Gasteiger partial charge in [-0.25, -0.2) is 4.98 Å². The van der Waals surface area contributed by atoms with Crippen LogP contribution in [-0.4, -0.2) is 46.1 Å². The predicted octanol–water partition coefficient (Wildman–Crippen LogP) is 0.193. The Bertz CT molecular complexity index is 473. The number of nitrogen functional groups attached to an aromatic ring is 1. The molecule has 1 saturated heterocycles. The molecular weight excluding hydrogens is 232 g/mol. The van der Waals surface area contributed by atoms with Gasteiger partial charge in [0.2, 0.25) is 0 Å². The number of aromatic nitrogens is 1. The Morgan fingerprint density at radius 2 is 2.33 bits per heavy atom. The monoisotopic (exact) mass is 250 g/mol. The summed E-state index contributed by atoms with van der Waals surface area (Å²) in [6, 6.07) is 1.36. The summed E-state index contributed by atoms with van der Waals surface area (Å²) >= 11 is 0. The van der Waals surface area contributed by atoms with Gasteiger partial charge in [-0.15, -0.1) is 0 Å². The number of nitrogens with one attached hydrogen (secondary N) is 1. The van der Waals surface area contributed by atoms with Crippen LogP contribution in [0.2, 0.25) is 0 Å². The third-order valence-corrected chi connectivity index (χ3v) is 3.19. The molecule has 0 aliphatic carbocycles. The molecule has 0 unspecified atom stereocenters. The molecule has 0 saturated carbocycles. The molecule has 1 aromatic rings. The molecular formula is C12H18N4O2. The molecule has 1 aromatic heterocycles. The molecule has 0 aromatic carbocycles. The molecule has 18 heavy (non-hydrogen) atoms. The molecule has 0 radical (unpaired) electrons. The maximum absolute atomic E-state index is 12.4. The number of anilines is 1. The van der Waals surface area contributed by atoms with E-state index in [1.54, 1.807) is 4.90 Å². The Morgan fingerprint density at radius 3 is 2.94 bits per heavy atom. The number of nitrogens with zero attached hydrogens (tertiary/aromatic N) is 2. The van der Waals surface area contributed by atoms with Gasteiger partial charge in [0.25, 0.3) is 5.91 Å². The maximum atomic E-state index is 12.4. The topological polar surface area (TPSA) is 91.5 Å². The standard InChI is InChI=1S/C12H18N4O2/c1-12(2)7-14-3-4-16(12)11(18)8-5-9(17)10(13)15-6-8/h5-6,14,17H,3-4,7H2,1-2H3,(H2,13,15). The van der Waals surface area contributed by atoms with Crippen LogP contribution in [0.25, 0.3) is 0 Å². The second-order valence-corrected chi connectivity index (χ2v) is 5.07. The highest BCUT2D eigenvalue weighted by Gasteiger charge is 2.33. The van der Waals surface area contributed by atoms with Gasteiger partial charge in [0.1, 0.15) is 0 Å². The summed E-state index contributed by atoms with van der Waals surface area (Å²) in [4.78, 5) is 18.0. The Balaban J connectivity index is 2.27. The molecule has 1 amide bonds. The number of pyridine rings is 1. The average Bonchev–Trinajstić information content (AvgIpc) is 2.31. The van der Waals surface area contributed by atoms with Crippen molar-refractivity contribution in [2.45, 2.75) is 19.4 Å². The van der Waals surface area contributed by atoms with E-state index < -0.39 is 0 Å². The van der Waals surface area contributed by atoms with Gasteiger partial charge < -0.3 is 21.1 Å². The average molecular weight is 250 g/mol. The molecule has 98 valence electrons. The smallest absolute Gasteiger partial charge is 0.256 e. The number of aromatic hydroxyl groups is 1. The number of carbonyl (C=O) groups excluding carboxylic acids is 1. The van der Waals surface area contributed by atoms with E-state index in [0.717, 1.165) is 13.1 Å². The van der Waals surface area contributed by atoms with Crippen molar-refractivity contribution >= 4 is 11.7 Å². The summed E-state index contributed by atoms with van der Waals surface area (Å²) in [6.45, 7) is 6.15. The normalized spacial score (nSPS) is 18.7. The number of hydrogen-bond acceptors (Lipinski definition) is 5. The Morgan fingerprint density at radius 1 is 1.61 bits per heavy atom. The van der Waals surface area contributed by atoms with Crippen molar-refractivity contribution < 1.29 is 9.90 Å². The fourth-order valence-corrected chi connectivity index (χ4v) is 2.10. The van der Waals surface area contributed by atoms with Gasteiger partial charge in [-0.05, 0) is 19.9 Å². The fraction of sp³-hybridized carbons (Fsp3) is 0.500. The molecule has 2 rings (SSSR count). The number of amides is 1. The van der Waals surface area contributed by atoms with Crippen LogP contribution < -0.4 is 11.1 Å². The third kappa shape index (κ3) is 2.24. The molecule has 1 aliphatic rings. The van der Waals surface area contributed by atoms with E-state index in [1.807, 2.05) is 13.8 Å². The van der Waals surface area contributed by atoms with Gasteiger partial charge in [-0.1, -0.05) is 0 Å². The quantitative estimate of drug-likeness (QED) is 0.662. The van der Waals surface area contributed by atoms with E-state index in [2.05, 4.69) is 10.3 Å². The second kappa shape index (κ2) is 4.45. The molecule has 0 bridgehead atoms. The third-order valence-electron chi connectivity index (χ3n) is 3.19. The first-order valence-corrected chi connectivity index (χ1v) is 5.89. The van der Waals surface area contributed by atoms with Crippen LogP contribution in [-0.2, 0) is 0 Å². The Kier molecular flexibility index (Phi) is 3.13. The summed E-state index contributed by atoms with van der Waals surface area (Å²) in [5, 5.41) is 12.8. The minimum atomic E-state index is -0.258. The summed E-state index contributed by atoms with van der Waals surface area (Å²) in [7, 11) is 0. The van der Waals surface area contributed by atoms with Crippen LogP contribution >= 0.6 is 0 Å². The zero-order valence-electron chi connectivity index (χ0n) is 10.6. The molecule has 2 heterocycles. The predicted molar refractivity (Wildman–Crippen MR) is 68.3 cm³/mol. The number of piperazine rings is 1. The minimum absolute atomic E-state index is 0.0334. The number of rotatable bonds is 1. The van der Waals surface area contributed by atoms with Crippen molar-refractivity contribution in [1.82, 2.24) is 15.2 Å². The van der Waals surface area contributed by atoms with Crippen molar-refractivity contribution in [2.24, 2.45) is 0 Å². The zero-order valence-corrected chi connectivity index (χ0v) is 10.6. The lowest BCUT2D eigenvalue weighted by Gasteiger charge is -2.42. The van der Waals surface area contributed by atoms with Crippen molar-refractivity contribution in [3.63, 3.8) is 0 Å². The van der Waals surface area contributed by atoms with E-state index in [1.165, 1.54) is 12.3 Å². The van der Waals surface area contributed by atoms with Gasteiger partial charge in [0, 0.05) is 25.8 Å². The van der Waals surface area contributed by atoms with Crippen LogP contribution in [0.5, 0.6) is 5.75 Å². The highest BCUT2D eigenvalue weighted by Crippen LogP contribution is 2.23. The van der Waals surface area contributed by atoms with Crippen molar-refractivity contribution in [2.75, 3.05) is 25.4 Å². The van der Waals surface area contributed by atoms with Gasteiger partial charge in [-0.2, -0.15) is 0 Å². The van der Waals surface area contributed by atoms with Gasteiger partial charge >= 0.3 is 0 Å². The highest BCUT2D eigenvalue weighted by molar-refractivity contribution is 5.95. The Hall–Kier alpha value is -1.82. The van der Waals surface area contributed by atoms with Gasteiger partial charge in [0.05, 0.1) is 11.1 Å². The first-order valence-electron chi connectivity index (χ1n) is 5.89. The van der Waals surface area contributed by atoms with Crippen LogP contribution in [0.1, 0.15) is 24.2 Å². The Labute approximate surface area is 106 Å². The van der Waals surface area contributed by atoms with E-state index in [4.69, 9.17) is 5.73 Å². The van der Waals surface area contributed by atoms with Crippen LogP contribution in [0, 0.1) is 0 Å². The number of carbonyl (C=O) groups is 1. The molecule has 4 N–H and O–H groups in total. The SMILES string of the molecule is CC1(C)CNCCN1C(=O)c1cnc(N)c(O)c1. The molecule has 1 aliphatic heterocycles. The van der Waals surface area contributed by atoms with Crippen molar-refractivity contribution in [3.05, 3.63) is 17.8 Å². The van der Waals surface area contributed by atoms with Crippen LogP contribution in [0.3, 0.4) is 0 Å². The molecule has 6 heteroatoms. The first-order chi connectivity index (χ1) is 8.42. The van der Waals surface area contributed by atoms with E-state index in [0.29, 0.717) is 12.1 Å². The van der Waals surface area contributed by atoms with Gasteiger partial charge in [-0.3, -0.25) is 4.79 Å².